The van der Waals surface area contributed by atoms with Crippen molar-refractivity contribution in [2.24, 2.45) is 5.10 Å². The minimum atomic E-state index is -4.19. The van der Waals surface area contributed by atoms with Crippen LogP contribution in [0.15, 0.2) is 64.8 Å². The molecule has 0 saturated carbocycles. The molecule has 9 nitrogen and oxygen atoms in total. The van der Waals surface area contributed by atoms with Gasteiger partial charge in [0.05, 0.1) is 23.3 Å². The van der Waals surface area contributed by atoms with Crippen LogP contribution < -0.4 is 5.56 Å². The Morgan fingerprint density at radius 1 is 1.20 bits per heavy atom. The highest BCUT2D eigenvalue weighted by Gasteiger charge is 2.16. The van der Waals surface area contributed by atoms with Gasteiger partial charge in [0.15, 0.2) is 5.82 Å². The first-order chi connectivity index (χ1) is 14.3. The highest BCUT2D eigenvalue weighted by molar-refractivity contribution is 7.50. The zero-order chi connectivity index (χ0) is 21.3. The quantitative estimate of drug-likeness (QED) is 0.321. The monoisotopic (exact) mass is 443 g/mol. The smallest absolute Gasteiger partial charge is 0.329 e. The van der Waals surface area contributed by atoms with Crippen molar-refractivity contribution in [2.45, 2.75) is 6.16 Å². The summed E-state index contributed by atoms with van der Waals surface area (Å²) in [7, 11) is -4.19. The molecule has 0 spiro atoms. The summed E-state index contributed by atoms with van der Waals surface area (Å²) >= 11 is 6.06. The molecule has 2 heterocycles. The van der Waals surface area contributed by atoms with E-state index in [2.05, 4.69) is 20.1 Å². The molecule has 11 heteroatoms. The SMILES string of the molecule is O=c1c2ccc(Cl)cc2nc(-c2ccc(CP(=O)(O)O)cc2)n1N=Cc1ncc[nH]1. The van der Waals surface area contributed by atoms with E-state index in [0.29, 0.717) is 32.9 Å². The Kier molecular flexibility index (Phi) is 5.36. The van der Waals surface area contributed by atoms with E-state index < -0.39 is 13.2 Å². The summed E-state index contributed by atoms with van der Waals surface area (Å²) in [5, 5.41) is 5.03. The maximum absolute atomic E-state index is 13.1. The van der Waals surface area contributed by atoms with Crippen molar-refractivity contribution in [3.63, 3.8) is 0 Å². The summed E-state index contributed by atoms with van der Waals surface area (Å²) in [6.07, 6.45) is 4.21. The lowest BCUT2D eigenvalue weighted by Crippen LogP contribution is -2.20. The number of H-pyrrole nitrogens is 1. The molecular formula is C19H15ClN5O4P. The van der Waals surface area contributed by atoms with Crippen LogP contribution in [0.2, 0.25) is 5.02 Å². The summed E-state index contributed by atoms with van der Waals surface area (Å²) in [5.74, 6) is 0.710. The van der Waals surface area contributed by atoms with Gasteiger partial charge in [-0.1, -0.05) is 35.9 Å². The second kappa shape index (κ2) is 7.97. The molecular weight excluding hydrogens is 429 g/mol. The fourth-order valence-electron chi connectivity index (χ4n) is 2.90. The normalized spacial score (nSPS) is 12.1. The molecule has 0 amide bonds. The van der Waals surface area contributed by atoms with Gasteiger partial charge in [-0.25, -0.2) is 9.97 Å². The third-order valence-corrected chi connectivity index (χ3v) is 5.24. The molecule has 0 aliphatic carbocycles. The van der Waals surface area contributed by atoms with Crippen molar-refractivity contribution in [1.82, 2.24) is 19.6 Å². The van der Waals surface area contributed by atoms with Crippen LogP contribution in [0, 0.1) is 0 Å². The molecule has 152 valence electrons. The first-order valence-electron chi connectivity index (χ1n) is 8.70. The Labute approximate surface area is 174 Å². The standard InChI is InChI=1S/C19H15ClN5O4P/c20-14-5-6-15-16(9-14)24-18(13-3-1-12(2-4-13)11-30(27,28)29)25(19(15)26)23-10-17-21-7-8-22-17/h1-10H,11H2,(H,21,22)(H2,27,28,29). The number of aromatic nitrogens is 4. The van der Waals surface area contributed by atoms with Crippen LogP contribution in [0.3, 0.4) is 0 Å². The van der Waals surface area contributed by atoms with Gasteiger partial charge in [-0.05, 0) is 23.8 Å². The van der Waals surface area contributed by atoms with E-state index in [1.54, 1.807) is 54.9 Å². The summed E-state index contributed by atoms with van der Waals surface area (Å²) in [6.45, 7) is 0. The number of aromatic amines is 1. The lowest BCUT2D eigenvalue weighted by molar-refractivity contribution is 0.371. The van der Waals surface area contributed by atoms with E-state index in [-0.39, 0.29) is 12.0 Å². The third-order valence-electron chi connectivity index (χ3n) is 4.23. The summed E-state index contributed by atoms with van der Waals surface area (Å²) < 4.78 is 12.4. The molecule has 30 heavy (non-hydrogen) atoms. The number of hydrogen-bond donors (Lipinski definition) is 3. The van der Waals surface area contributed by atoms with Crippen LogP contribution >= 0.6 is 19.2 Å². The number of nitrogens with zero attached hydrogens (tertiary/aromatic N) is 4. The van der Waals surface area contributed by atoms with Gasteiger partial charge < -0.3 is 14.8 Å². The highest BCUT2D eigenvalue weighted by Crippen LogP contribution is 2.39. The zero-order valence-electron chi connectivity index (χ0n) is 15.3. The number of benzene rings is 2. The topological polar surface area (TPSA) is 133 Å². The van der Waals surface area contributed by atoms with Gasteiger partial charge in [0.2, 0.25) is 0 Å². The van der Waals surface area contributed by atoms with Crippen molar-refractivity contribution in [3.8, 4) is 11.4 Å². The lowest BCUT2D eigenvalue weighted by Gasteiger charge is -2.10. The number of imidazole rings is 1. The minimum Gasteiger partial charge on any atom is -0.344 e. The predicted octanol–water partition coefficient (Wildman–Crippen LogP) is 3.00. The molecule has 0 saturated heterocycles. The van der Waals surface area contributed by atoms with E-state index in [4.69, 9.17) is 21.4 Å². The van der Waals surface area contributed by atoms with E-state index in [1.807, 2.05) is 0 Å². The molecule has 0 fully saturated rings. The molecule has 0 atom stereocenters. The molecule has 4 rings (SSSR count). The van der Waals surface area contributed by atoms with Gasteiger partial charge in [0.25, 0.3) is 5.56 Å². The van der Waals surface area contributed by atoms with Crippen molar-refractivity contribution >= 4 is 36.3 Å². The Morgan fingerprint density at radius 3 is 2.63 bits per heavy atom. The Hall–Kier alpha value is -3.10. The fourth-order valence-corrected chi connectivity index (χ4v) is 3.75. The van der Waals surface area contributed by atoms with E-state index in [9.17, 15) is 9.36 Å². The van der Waals surface area contributed by atoms with Crippen molar-refractivity contribution in [2.75, 3.05) is 0 Å². The molecule has 2 aromatic carbocycles. The van der Waals surface area contributed by atoms with Crippen molar-refractivity contribution in [3.05, 3.63) is 81.6 Å². The second-order valence-corrected chi connectivity index (χ2v) is 8.53. The van der Waals surface area contributed by atoms with Crippen LogP contribution in [0.5, 0.6) is 0 Å². The van der Waals surface area contributed by atoms with Gasteiger partial charge in [0, 0.05) is 23.0 Å². The largest absolute Gasteiger partial charge is 0.344 e. The second-order valence-electron chi connectivity index (χ2n) is 6.45. The lowest BCUT2D eigenvalue weighted by atomic mass is 10.1. The van der Waals surface area contributed by atoms with Gasteiger partial charge >= 0.3 is 7.60 Å². The van der Waals surface area contributed by atoms with Crippen LogP contribution in [0.4, 0.5) is 0 Å². The van der Waals surface area contributed by atoms with Crippen LogP contribution in [0.1, 0.15) is 11.4 Å². The molecule has 0 radical (unpaired) electrons. The number of nitrogens with one attached hydrogen (secondary N) is 1. The van der Waals surface area contributed by atoms with Crippen molar-refractivity contribution < 1.29 is 14.4 Å². The molecule has 0 aliphatic rings. The van der Waals surface area contributed by atoms with Crippen LogP contribution in [-0.4, -0.2) is 35.6 Å². The minimum absolute atomic E-state index is 0.250. The molecule has 0 bridgehead atoms. The summed E-state index contributed by atoms with van der Waals surface area (Å²) in [4.78, 5) is 42.9. The molecule has 4 aromatic rings. The van der Waals surface area contributed by atoms with E-state index in [1.165, 1.54) is 6.21 Å². The first-order valence-corrected chi connectivity index (χ1v) is 10.9. The Bertz CT molecular complexity index is 1340. The van der Waals surface area contributed by atoms with Gasteiger partial charge in [0.1, 0.15) is 5.82 Å². The predicted molar refractivity (Wildman–Crippen MR) is 114 cm³/mol. The van der Waals surface area contributed by atoms with Crippen LogP contribution in [-0.2, 0) is 10.7 Å². The maximum atomic E-state index is 13.1. The average Bonchev–Trinajstić information content (AvgIpc) is 3.20. The number of fused-ring (bicyclic) bond motifs is 1. The molecule has 0 aliphatic heterocycles. The summed E-state index contributed by atoms with van der Waals surface area (Å²) in [5.41, 5.74) is 1.02. The van der Waals surface area contributed by atoms with Gasteiger partial charge in [-0.15, -0.1) is 0 Å². The maximum Gasteiger partial charge on any atom is 0.329 e. The molecule has 3 N–H and O–H groups in total. The molecule has 2 aromatic heterocycles. The number of hydrogen-bond acceptors (Lipinski definition) is 5. The Morgan fingerprint density at radius 2 is 1.97 bits per heavy atom. The van der Waals surface area contributed by atoms with Gasteiger partial charge in [-0.2, -0.15) is 9.78 Å². The summed E-state index contributed by atoms with van der Waals surface area (Å²) in [6, 6.07) is 11.2. The van der Waals surface area contributed by atoms with Crippen molar-refractivity contribution in [1.29, 1.82) is 0 Å². The first kappa shape index (κ1) is 20.2. The Balaban J connectivity index is 1.87. The fraction of sp³-hybridized carbons (Fsp3) is 0.0526. The van der Waals surface area contributed by atoms with E-state index in [0.717, 1.165) is 4.68 Å². The number of halogens is 1. The average molecular weight is 444 g/mol. The zero-order valence-corrected chi connectivity index (χ0v) is 17.0. The third kappa shape index (κ3) is 4.39. The highest BCUT2D eigenvalue weighted by atomic mass is 35.5. The van der Waals surface area contributed by atoms with Crippen LogP contribution in [0.25, 0.3) is 22.3 Å². The molecule has 0 unspecified atom stereocenters. The van der Waals surface area contributed by atoms with E-state index >= 15 is 0 Å². The van der Waals surface area contributed by atoms with Gasteiger partial charge in [-0.3, -0.25) is 9.36 Å². The number of rotatable bonds is 5.